The molecule has 0 aliphatic rings. The molecule has 0 unspecified atom stereocenters. The highest BCUT2D eigenvalue weighted by Gasteiger charge is 2.12. The lowest BCUT2D eigenvalue weighted by molar-refractivity contribution is 0.356. The standard InChI is InChI=1S/C14H17NO2S/c1-15-8-11-7-10(9-18-11)12-5-4-6-13(16-2)14(12)17-3/h4-7,9,15H,8H2,1-3H3. The molecule has 0 radical (unpaired) electrons. The van der Waals surface area contributed by atoms with E-state index < -0.39 is 0 Å². The summed E-state index contributed by atoms with van der Waals surface area (Å²) in [7, 11) is 5.27. The van der Waals surface area contributed by atoms with Crippen molar-refractivity contribution in [3.05, 3.63) is 34.5 Å². The number of benzene rings is 1. The molecule has 0 aliphatic carbocycles. The molecule has 1 aromatic heterocycles. The molecule has 96 valence electrons. The van der Waals surface area contributed by atoms with Crippen molar-refractivity contribution in [2.75, 3.05) is 21.3 Å². The van der Waals surface area contributed by atoms with Gasteiger partial charge in [0, 0.05) is 17.0 Å². The van der Waals surface area contributed by atoms with Crippen LogP contribution in [0.2, 0.25) is 0 Å². The van der Waals surface area contributed by atoms with Crippen molar-refractivity contribution in [3.8, 4) is 22.6 Å². The number of methoxy groups -OCH3 is 2. The van der Waals surface area contributed by atoms with E-state index in [4.69, 9.17) is 9.47 Å². The Labute approximate surface area is 111 Å². The predicted octanol–water partition coefficient (Wildman–Crippen LogP) is 3.15. The van der Waals surface area contributed by atoms with E-state index in [9.17, 15) is 0 Å². The van der Waals surface area contributed by atoms with Gasteiger partial charge in [0.2, 0.25) is 0 Å². The number of para-hydroxylation sites is 1. The lowest BCUT2D eigenvalue weighted by Crippen LogP contribution is -2.02. The molecule has 4 heteroatoms. The van der Waals surface area contributed by atoms with Crippen LogP contribution >= 0.6 is 11.3 Å². The summed E-state index contributed by atoms with van der Waals surface area (Å²) in [5, 5.41) is 5.30. The quantitative estimate of drug-likeness (QED) is 0.899. The second kappa shape index (κ2) is 5.89. The van der Waals surface area contributed by atoms with Gasteiger partial charge in [-0.1, -0.05) is 12.1 Å². The Balaban J connectivity index is 2.42. The number of thiophene rings is 1. The van der Waals surface area contributed by atoms with Crippen LogP contribution in [0.3, 0.4) is 0 Å². The molecule has 0 saturated heterocycles. The zero-order valence-electron chi connectivity index (χ0n) is 10.8. The summed E-state index contributed by atoms with van der Waals surface area (Å²) in [4.78, 5) is 1.30. The SMILES string of the molecule is CNCc1cc(-c2cccc(OC)c2OC)cs1. The Bertz CT molecular complexity index is 522. The highest BCUT2D eigenvalue weighted by molar-refractivity contribution is 7.10. The maximum Gasteiger partial charge on any atom is 0.168 e. The summed E-state index contributed by atoms with van der Waals surface area (Å²) in [5.74, 6) is 1.55. The lowest BCUT2D eigenvalue weighted by atomic mass is 10.1. The van der Waals surface area contributed by atoms with Gasteiger partial charge in [0.15, 0.2) is 11.5 Å². The van der Waals surface area contributed by atoms with Crippen molar-refractivity contribution in [2.45, 2.75) is 6.54 Å². The number of ether oxygens (including phenoxy) is 2. The Morgan fingerprint density at radius 1 is 1.22 bits per heavy atom. The summed E-state index contributed by atoms with van der Waals surface area (Å²) in [5.41, 5.74) is 2.23. The van der Waals surface area contributed by atoms with E-state index in [0.29, 0.717) is 0 Å². The van der Waals surface area contributed by atoms with Gasteiger partial charge in [-0.05, 0) is 30.1 Å². The van der Waals surface area contributed by atoms with Crippen LogP contribution in [-0.2, 0) is 6.54 Å². The van der Waals surface area contributed by atoms with Gasteiger partial charge in [0.25, 0.3) is 0 Å². The van der Waals surface area contributed by atoms with Gasteiger partial charge in [0.05, 0.1) is 14.2 Å². The van der Waals surface area contributed by atoms with Gasteiger partial charge in [-0.2, -0.15) is 0 Å². The van der Waals surface area contributed by atoms with Crippen LogP contribution < -0.4 is 14.8 Å². The second-order valence-corrected chi connectivity index (χ2v) is 4.87. The fourth-order valence-corrected chi connectivity index (χ4v) is 2.80. The number of rotatable bonds is 5. The summed E-state index contributed by atoms with van der Waals surface area (Å²) in [6.45, 7) is 0.886. The minimum atomic E-state index is 0.761. The minimum Gasteiger partial charge on any atom is -0.493 e. The summed E-state index contributed by atoms with van der Waals surface area (Å²) >= 11 is 1.74. The van der Waals surface area contributed by atoms with E-state index in [1.807, 2.05) is 25.2 Å². The first-order chi connectivity index (χ1) is 8.80. The van der Waals surface area contributed by atoms with Gasteiger partial charge in [0.1, 0.15) is 0 Å². The van der Waals surface area contributed by atoms with Gasteiger partial charge in [-0.3, -0.25) is 0 Å². The van der Waals surface area contributed by atoms with Crippen molar-refractivity contribution in [3.63, 3.8) is 0 Å². The molecule has 18 heavy (non-hydrogen) atoms. The van der Waals surface area contributed by atoms with Crippen molar-refractivity contribution in [1.82, 2.24) is 5.32 Å². The first-order valence-corrected chi connectivity index (χ1v) is 6.61. The van der Waals surface area contributed by atoms with E-state index >= 15 is 0 Å². The van der Waals surface area contributed by atoms with Crippen LogP contribution in [0.4, 0.5) is 0 Å². The first-order valence-electron chi connectivity index (χ1n) is 5.73. The van der Waals surface area contributed by atoms with E-state index in [2.05, 4.69) is 16.8 Å². The van der Waals surface area contributed by atoms with Crippen LogP contribution in [0.5, 0.6) is 11.5 Å². The Morgan fingerprint density at radius 3 is 2.72 bits per heavy atom. The number of nitrogens with one attached hydrogen (secondary N) is 1. The predicted molar refractivity (Wildman–Crippen MR) is 75.6 cm³/mol. The molecule has 0 fully saturated rings. The minimum absolute atomic E-state index is 0.761. The highest BCUT2D eigenvalue weighted by Crippen LogP contribution is 2.39. The molecule has 0 aliphatic heterocycles. The fraction of sp³-hybridized carbons (Fsp3) is 0.286. The molecule has 2 rings (SSSR count). The van der Waals surface area contributed by atoms with E-state index in [-0.39, 0.29) is 0 Å². The van der Waals surface area contributed by atoms with Gasteiger partial charge in [-0.25, -0.2) is 0 Å². The summed E-state index contributed by atoms with van der Waals surface area (Å²) in [6.07, 6.45) is 0. The van der Waals surface area contributed by atoms with E-state index in [1.54, 1.807) is 25.6 Å². The maximum absolute atomic E-state index is 5.46. The monoisotopic (exact) mass is 263 g/mol. The first kappa shape index (κ1) is 12.9. The van der Waals surface area contributed by atoms with Crippen LogP contribution in [0.15, 0.2) is 29.6 Å². The van der Waals surface area contributed by atoms with Crippen LogP contribution in [0, 0.1) is 0 Å². The Morgan fingerprint density at radius 2 is 2.06 bits per heavy atom. The maximum atomic E-state index is 5.46. The van der Waals surface area contributed by atoms with Crippen molar-refractivity contribution in [2.24, 2.45) is 0 Å². The van der Waals surface area contributed by atoms with E-state index in [0.717, 1.165) is 23.6 Å². The number of hydrogen-bond donors (Lipinski definition) is 1. The molecule has 1 N–H and O–H groups in total. The molecule has 1 heterocycles. The molecule has 0 atom stereocenters. The molecule has 0 amide bonds. The third-order valence-corrected chi connectivity index (χ3v) is 3.66. The van der Waals surface area contributed by atoms with Crippen molar-refractivity contribution in [1.29, 1.82) is 0 Å². The zero-order chi connectivity index (χ0) is 13.0. The van der Waals surface area contributed by atoms with Crippen LogP contribution in [0.1, 0.15) is 4.88 Å². The molecule has 2 aromatic rings. The summed E-state index contributed by atoms with van der Waals surface area (Å²) < 4.78 is 10.8. The smallest absolute Gasteiger partial charge is 0.168 e. The molecular weight excluding hydrogens is 246 g/mol. The Hall–Kier alpha value is -1.52. The third-order valence-electron chi connectivity index (χ3n) is 2.72. The summed E-state index contributed by atoms with van der Waals surface area (Å²) in [6, 6.07) is 8.11. The topological polar surface area (TPSA) is 30.5 Å². The third kappa shape index (κ3) is 2.49. The molecule has 3 nitrogen and oxygen atoms in total. The van der Waals surface area contributed by atoms with Gasteiger partial charge < -0.3 is 14.8 Å². The molecule has 0 saturated carbocycles. The van der Waals surface area contributed by atoms with Crippen molar-refractivity contribution < 1.29 is 9.47 Å². The van der Waals surface area contributed by atoms with Gasteiger partial charge in [-0.15, -0.1) is 11.3 Å². The second-order valence-electron chi connectivity index (χ2n) is 3.87. The van der Waals surface area contributed by atoms with Crippen LogP contribution in [-0.4, -0.2) is 21.3 Å². The zero-order valence-corrected chi connectivity index (χ0v) is 11.6. The van der Waals surface area contributed by atoms with E-state index in [1.165, 1.54) is 10.4 Å². The fourth-order valence-electron chi connectivity index (χ4n) is 1.90. The Kier molecular flexibility index (Phi) is 4.23. The molecule has 0 bridgehead atoms. The van der Waals surface area contributed by atoms with Crippen molar-refractivity contribution >= 4 is 11.3 Å². The average molecular weight is 263 g/mol. The van der Waals surface area contributed by atoms with Gasteiger partial charge >= 0.3 is 0 Å². The normalized spacial score (nSPS) is 10.4. The average Bonchev–Trinajstić information content (AvgIpc) is 2.86. The molecule has 1 aromatic carbocycles. The number of hydrogen-bond acceptors (Lipinski definition) is 4. The molecular formula is C14H17NO2S. The lowest BCUT2D eigenvalue weighted by Gasteiger charge is -2.11. The molecule has 0 spiro atoms. The largest absolute Gasteiger partial charge is 0.493 e. The highest BCUT2D eigenvalue weighted by atomic mass is 32.1. The van der Waals surface area contributed by atoms with Crippen LogP contribution in [0.25, 0.3) is 11.1 Å².